The Balaban J connectivity index is 4.24. The van der Waals surface area contributed by atoms with Crippen molar-refractivity contribution in [3.8, 4) is 0 Å². The van der Waals surface area contributed by atoms with E-state index in [1.807, 2.05) is 0 Å². The third-order valence-electron chi connectivity index (χ3n) is 12.5. The quantitative estimate of drug-likeness (QED) is 0.0344. The normalized spacial score (nSPS) is 12.0. The number of hydrogen-bond donors (Lipinski definition) is 0. The van der Waals surface area contributed by atoms with Crippen LogP contribution in [0.3, 0.4) is 0 Å². The zero-order valence-corrected chi connectivity index (χ0v) is 41.8. The molecule has 0 N–H and O–H groups in total. The molecule has 0 aliphatic rings. The van der Waals surface area contributed by atoms with Crippen LogP contribution in [0, 0.1) is 11.8 Å². The van der Waals surface area contributed by atoms with Crippen molar-refractivity contribution in [2.45, 2.75) is 310 Å². The molecule has 0 radical (unpaired) electrons. The topological polar surface area (TPSA) is 78.9 Å². The first-order valence-electron chi connectivity index (χ1n) is 27.2. The highest BCUT2D eigenvalue weighted by atomic mass is 16.6. The average molecular weight is 863 g/mol. The van der Waals surface area contributed by atoms with Gasteiger partial charge >= 0.3 is 17.9 Å². The minimum Gasteiger partial charge on any atom is -0.462 e. The zero-order chi connectivity index (χ0) is 44.7. The van der Waals surface area contributed by atoms with Crippen LogP contribution in [-0.4, -0.2) is 37.2 Å². The van der Waals surface area contributed by atoms with Crippen LogP contribution in [0.5, 0.6) is 0 Å². The molecule has 362 valence electrons. The largest absolute Gasteiger partial charge is 0.462 e. The van der Waals surface area contributed by atoms with Gasteiger partial charge in [0, 0.05) is 19.3 Å². The first-order valence-corrected chi connectivity index (χ1v) is 27.2. The summed E-state index contributed by atoms with van der Waals surface area (Å²) in [5.41, 5.74) is 0. The van der Waals surface area contributed by atoms with Gasteiger partial charge in [0.2, 0.25) is 0 Å². The Labute approximate surface area is 380 Å². The fourth-order valence-corrected chi connectivity index (χ4v) is 8.34. The van der Waals surface area contributed by atoms with Crippen molar-refractivity contribution in [2.75, 3.05) is 13.2 Å². The highest BCUT2D eigenvalue weighted by Crippen LogP contribution is 2.18. The number of carbonyl (C=O) groups excluding carboxylic acids is 3. The zero-order valence-electron chi connectivity index (χ0n) is 41.8. The van der Waals surface area contributed by atoms with Crippen LogP contribution in [-0.2, 0) is 28.6 Å². The predicted octanol–water partition coefficient (Wildman–Crippen LogP) is 17.7. The van der Waals surface area contributed by atoms with Crippen molar-refractivity contribution in [3.63, 3.8) is 0 Å². The molecule has 0 aromatic carbocycles. The maximum Gasteiger partial charge on any atom is 0.306 e. The summed E-state index contributed by atoms with van der Waals surface area (Å²) in [5.74, 6) is 0.763. The van der Waals surface area contributed by atoms with E-state index in [9.17, 15) is 14.4 Å². The fraction of sp³-hybridized carbons (Fsp3) is 0.945. The highest BCUT2D eigenvalue weighted by Gasteiger charge is 2.19. The summed E-state index contributed by atoms with van der Waals surface area (Å²) in [6.45, 7) is 11.3. The fourth-order valence-electron chi connectivity index (χ4n) is 8.34. The van der Waals surface area contributed by atoms with E-state index in [-0.39, 0.29) is 31.1 Å². The molecule has 0 heterocycles. The number of esters is 3. The molecule has 0 amide bonds. The molecule has 0 rings (SSSR count). The summed E-state index contributed by atoms with van der Waals surface area (Å²) < 4.78 is 16.8. The van der Waals surface area contributed by atoms with Gasteiger partial charge in [-0.2, -0.15) is 0 Å². The molecule has 0 fully saturated rings. The summed E-state index contributed by atoms with van der Waals surface area (Å²) >= 11 is 0. The Kier molecular flexibility index (Phi) is 46.6. The summed E-state index contributed by atoms with van der Waals surface area (Å²) in [6.07, 6.45) is 49.6. The lowest BCUT2D eigenvalue weighted by atomic mass is 10.0. The van der Waals surface area contributed by atoms with Crippen molar-refractivity contribution in [2.24, 2.45) is 11.8 Å². The molecule has 6 nitrogen and oxygen atoms in total. The molecule has 0 bridgehead atoms. The van der Waals surface area contributed by atoms with Crippen LogP contribution in [0.2, 0.25) is 0 Å². The molecule has 0 aromatic heterocycles. The molecular formula is C55H106O6. The second kappa shape index (κ2) is 47.9. The molecule has 0 spiro atoms. The molecule has 6 heteroatoms. The van der Waals surface area contributed by atoms with Crippen LogP contribution >= 0.6 is 0 Å². The lowest BCUT2D eigenvalue weighted by Crippen LogP contribution is -2.30. The molecule has 0 unspecified atom stereocenters. The lowest BCUT2D eigenvalue weighted by molar-refractivity contribution is -0.167. The van der Waals surface area contributed by atoms with Gasteiger partial charge in [0.15, 0.2) is 6.10 Å². The molecule has 0 aliphatic heterocycles. The van der Waals surface area contributed by atoms with Crippen molar-refractivity contribution in [1.29, 1.82) is 0 Å². The van der Waals surface area contributed by atoms with Crippen LogP contribution < -0.4 is 0 Å². The van der Waals surface area contributed by atoms with E-state index in [4.69, 9.17) is 14.2 Å². The molecule has 0 saturated carbocycles. The number of carbonyl (C=O) groups is 3. The van der Waals surface area contributed by atoms with Crippen molar-refractivity contribution in [3.05, 3.63) is 0 Å². The molecule has 1 atom stereocenters. The van der Waals surface area contributed by atoms with E-state index in [0.29, 0.717) is 19.3 Å². The average Bonchev–Trinajstić information content (AvgIpc) is 3.23. The summed E-state index contributed by atoms with van der Waals surface area (Å²) in [6, 6.07) is 0. The van der Waals surface area contributed by atoms with Gasteiger partial charge in [-0.25, -0.2) is 0 Å². The SMILES string of the molecule is CCCCCCCCCCCCCCCCCCCCC(=O)OC[C@H](COC(=O)CCCCCCCCCCCCCCC(C)C)OC(=O)CCCCCCCCCC(C)C. The third-order valence-corrected chi connectivity index (χ3v) is 12.5. The maximum atomic E-state index is 12.8. The highest BCUT2D eigenvalue weighted by molar-refractivity contribution is 5.71. The summed E-state index contributed by atoms with van der Waals surface area (Å²) in [7, 11) is 0. The predicted molar refractivity (Wildman–Crippen MR) is 261 cm³/mol. The second-order valence-corrected chi connectivity index (χ2v) is 19.8. The monoisotopic (exact) mass is 863 g/mol. The Bertz CT molecular complexity index is 931. The van der Waals surface area contributed by atoms with Gasteiger partial charge in [-0.3, -0.25) is 14.4 Å². The number of unbranched alkanes of at least 4 members (excludes halogenated alkanes) is 34. The minimum absolute atomic E-state index is 0.0641. The second-order valence-electron chi connectivity index (χ2n) is 19.8. The number of hydrogen-bond acceptors (Lipinski definition) is 6. The van der Waals surface area contributed by atoms with Crippen molar-refractivity contribution >= 4 is 17.9 Å². The maximum absolute atomic E-state index is 12.8. The van der Waals surface area contributed by atoms with Gasteiger partial charge in [-0.05, 0) is 31.1 Å². The van der Waals surface area contributed by atoms with Crippen molar-refractivity contribution < 1.29 is 28.6 Å². The van der Waals surface area contributed by atoms with Crippen LogP contribution in [0.25, 0.3) is 0 Å². The standard InChI is InChI=1S/C55H106O6/c1-6-7-8-9-10-11-12-13-14-15-16-17-18-22-25-30-35-40-45-53(56)59-48-52(61-55(58)47-42-37-32-27-29-34-39-44-51(4)5)49-60-54(57)46-41-36-31-26-23-20-19-21-24-28-33-38-43-50(2)3/h50-52H,6-49H2,1-5H3/t52-/m1/s1. The van der Waals surface area contributed by atoms with E-state index in [2.05, 4.69) is 34.6 Å². The van der Waals surface area contributed by atoms with E-state index in [0.717, 1.165) is 69.6 Å². The summed E-state index contributed by atoms with van der Waals surface area (Å²) in [5, 5.41) is 0. The molecule has 61 heavy (non-hydrogen) atoms. The lowest BCUT2D eigenvalue weighted by Gasteiger charge is -2.18. The van der Waals surface area contributed by atoms with Crippen molar-refractivity contribution in [1.82, 2.24) is 0 Å². The Hall–Kier alpha value is -1.59. The van der Waals surface area contributed by atoms with Gasteiger partial charge < -0.3 is 14.2 Å². The Morgan fingerprint density at radius 1 is 0.311 bits per heavy atom. The van der Waals surface area contributed by atoms with Gasteiger partial charge in [0.1, 0.15) is 13.2 Å². The van der Waals surface area contributed by atoms with E-state index in [1.54, 1.807) is 0 Å². The molecule has 0 saturated heterocycles. The van der Waals surface area contributed by atoms with Gasteiger partial charge in [-0.1, -0.05) is 266 Å². The number of ether oxygens (including phenoxy) is 3. The molecular weight excluding hydrogens is 757 g/mol. The van der Waals surface area contributed by atoms with Gasteiger partial charge in [0.25, 0.3) is 0 Å². The third kappa shape index (κ3) is 49.3. The molecule has 0 aliphatic carbocycles. The van der Waals surface area contributed by atoms with E-state index < -0.39 is 6.10 Å². The van der Waals surface area contributed by atoms with Crippen LogP contribution in [0.15, 0.2) is 0 Å². The first kappa shape index (κ1) is 59.4. The van der Waals surface area contributed by atoms with Crippen LogP contribution in [0.4, 0.5) is 0 Å². The smallest absolute Gasteiger partial charge is 0.306 e. The minimum atomic E-state index is -0.762. The molecule has 0 aromatic rings. The summed E-state index contributed by atoms with van der Waals surface area (Å²) in [4.78, 5) is 38.0. The van der Waals surface area contributed by atoms with Gasteiger partial charge in [-0.15, -0.1) is 0 Å². The van der Waals surface area contributed by atoms with E-state index in [1.165, 1.54) is 193 Å². The Morgan fingerprint density at radius 3 is 0.803 bits per heavy atom. The van der Waals surface area contributed by atoms with E-state index >= 15 is 0 Å². The Morgan fingerprint density at radius 2 is 0.541 bits per heavy atom. The number of rotatable bonds is 49. The van der Waals surface area contributed by atoms with Crippen LogP contribution in [0.1, 0.15) is 304 Å². The first-order chi connectivity index (χ1) is 29.7. The van der Waals surface area contributed by atoms with Gasteiger partial charge in [0.05, 0.1) is 0 Å².